The molecule has 0 saturated carbocycles. The van der Waals surface area contributed by atoms with Crippen molar-refractivity contribution < 1.29 is 27.6 Å². The lowest BCUT2D eigenvalue weighted by molar-refractivity contribution is -0.385. The van der Waals surface area contributed by atoms with Gasteiger partial charge in [0.15, 0.2) is 5.69 Å². The number of carbonyl (C=O) groups excluding carboxylic acids is 1. The van der Waals surface area contributed by atoms with Crippen LogP contribution in [0.1, 0.15) is 29.9 Å². The van der Waals surface area contributed by atoms with Gasteiger partial charge < -0.3 is 14.8 Å². The van der Waals surface area contributed by atoms with E-state index < -0.39 is 20.9 Å². The number of nitro benzene ring substituents is 1. The lowest BCUT2D eigenvalue weighted by Gasteiger charge is -2.26. The molecule has 1 aliphatic rings. The molecule has 174 valence electrons. The van der Waals surface area contributed by atoms with E-state index in [0.717, 1.165) is 12.1 Å². The summed E-state index contributed by atoms with van der Waals surface area (Å²) < 4.78 is 40.1. The summed E-state index contributed by atoms with van der Waals surface area (Å²) in [5, 5.41) is 18.2. The van der Waals surface area contributed by atoms with Crippen LogP contribution >= 0.6 is 0 Å². The van der Waals surface area contributed by atoms with Crippen LogP contribution in [0.5, 0.6) is 11.6 Å². The number of morpholine rings is 1. The molecule has 2 heterocycles. The first-order valence-corrected chi connectivity index (χ1v) is 11.3. The van der Waals surface area contributed by atoms with E-state index in [-0.39, 0.29) is 60.3 Å². The summed E-state index contributed by atoms with van der Waals surface area (Å²) in [6.07, 6.45) is 0. The zero-order valence-electron chi connectivity index (χ0n) is 18.2. The van der Waals surface area contributed by atoms with Crippen molar-refractivity contribution in [1.82, 2.24) is 19.4 Å². The molecule has 0 aliphatic carbocycles. The molecule has 1 aromatic carbocycles. The van der Waals surface area contributed by atoms with Crippen LogP contribution in [0.15, 0.2) is 23.1 Å². The van der Waals surface area contributed by atoms with Crippen molar-refractivity contribution in [2.24, 2.45) is 7.05 Å². The van der Waals surface area contributed by atoms with Crippen molar-refractivity contribution in [2.45, 2.75) is 31.7 Å². The van der Waals surface area contributed by atoms with E-state index in [2.05, 4.69) is 10.4 Å². The van der Waals surface area contributed by atoms with Gasteiger partial charge in [0.1, 0.15) is 10.6 Å². The molecule has 2 aromatic rings. The molecule has 0 spiro atoms. The maximum atomic E-state index is 13.3. The summed E-state index contributed by atoms with van der Waals surface area (Å²) in [7, 11) is -2.55. The zero-order chi connectivity index (χ0) is 23.6. The standard InChI is InChI=1S/C19H25N5O7S/c1-12(2)20-18(25)17-13(3)19(22(4)21-17)31-15-6-5-14(24(26)27)11-16(15)32(28,29)23-7-9-30-10-8-23/h5-6,11-12H,7-10H2,1-4H3,(H,20,25). The van der Waals surface area contributed by atoms with Gasteiger partial charge in [-0.3, -0.25) is 14.9 Å². The van der Waals surface area contributed by atoms with Gasteiger partial charge >= 0.3 is 0 Å². The number of rotatable bonds is 7. The third kappa shape index (κ3) is 4.74. The van der Waals surface area contributed by atoms with E-state index in [4.69, 9.17) is 9.47 Å². The monoisotopic (exact) mass is 467 g/mol. The average Bonchev–Trinajstić information content (AvgIpc) is 3.02. The summed E-state index contributed by atoms with van der Waals surface area (Å²) in [6.45, 7) is 5.93. The van der Waals surface area contributed by atoms with Gasteiger partial charge in [0.2, 0.25) is 15.9 Å². The number of non-ortho nitro benzene ring substituents is 1. The number of hydrogen-bond acceptors (Lipinski definition) is 8. The third-order valence-electron chi connectivity index (χ3n) is 4.79. The highest BCUT2D eigenvalue weighted by Crippen LogP contribution is 2.35. The minimum absolute atomic E-state index is 0.104. The Morgan fingerprint density at radius 1 is 1.31 bits per heavy atom. The molecule has 3 rings (SSSR count). The first-order valence-electron chi connectivity index (χ1n) is 9.91. The molecule has 1 N–H and O–H groups in total. The Morgan fingerprint density at radius 2 is 1.97 bits per heavy atom. The molecule has 0 unspecified atom stereocenters. The molecule has 1 aliphatic heterocycles. The van der Waals surface area contributed by atoms with Gasteiger partial charge in [0.25, 0.3) is 11.6 Å². The molecule has 1 amide bonds. The van der Waals surface area contributed by atoms with E-state index in [1.165, 1.54) is 15.1 Å². The molecule has 1 fully saturated rings. The van der Waals surface area contributed by atoms with E-state index in [9.17, 15) is 23.3 Å². The first-order chi connectivity index (χ1) is 15.0. The van der Waals surface area contributed by atoms with Gasteiger partial charge in [0, 0.05) is 43.9 Å². The van der Waals surface area contributed by atoms with Gasteiger partial charge in [-0.2, -0.15) is 9.40 Å². The van der Waals surface area contributed by atoms with Crippen molar-refractivity contribution in [2.75, 3.05) is 26.3 Å². The smallest absolute Gasteiger partial charge is 0.272 e. The number of nitro groups is 1. The van der Waals surface area contributed by atoms with Crippen LogP contribution < -0.4 is 10.1 Å². The highest BCUT2D eigenvalue weighted by Gasteiger charge is 2.32. The van der Waals surface area contributed by atoms with Crippen LogP contribution in [0, 0.1) is 17.0 Å². The Hall–Kier alpha value is -3.03. The summed E-state index contributed by atoms with van der Waals surface area (Å²) in [6, 6.07) is 3.25. The number of sulfonamides is 1. The fourth-order valence-corrected chi connectivity index (χ4v) is 4.77. The van der Waals surface area contributed by atoms with Crippen LogP contribution in [0.4, 0.5) is 5.69 Å². The Kier molecular flexibility index (Phi) is 6.81. The van der Waals surface area contributed by atoms with Crippen molar-refractivity contribution in [3.8, 4) is 11.6 Å². The van der Waals surface area contributed by atoms with Crippen LogP contribution in [-0.2, 0) is 21.8 Å². The minimum atomic E-state index is -4.10. The molecule has 12 nitrogen and oxygen atoms in total. The highest BCUT2D eigenvalue weighted by molar-refractivity contribution is 7.89. The lowest BCUT2D eigenvalue weighted by Crippen LogP contribution is -2.40. The Balaban J connectivity index is 2.05. The van der Waals surface area contributed by atoms with E-state index in [1.807, 2.05) is 13.8 Å². The third-order valence-corrected chi connectivity index (χ3v) is 6.71. The second-order valence-electron chi connectivity index (χ2n) is 7.54. The molecular formula is C19H25N5O7S. The maximum absolute atomic E-state index is 13.3. The summed E-state index contributed by atoms with van der Waals surface area (Å²) in [4.78, 5) is 22.7. The predicted octanol–water partition coefficient (Wildman–Crippen LogP) is 1.59. The molecule has 13 heteroatoms. The number of carbonyl (C=O) groups is 1. The maximum Gasteiger partial charge on any atom is 0.272 e. The summed E-state index contributed by atoms with van der Waals surface area (Å²) in [5.74, 6) is -0.358. The van der Waals surface area contributed by atoms with E-state index >= 15 is 0 Å². The quantitative estimate of drug-likeness (QED) is 0.477. The molecule has 0 bridgehead atoms. The largest absolute Gasteiger partial charge is 0.438 e. The Morgan fingerprint density at radius 3 is 2.56 bits per heavy atom. The van der Waals surface area contributed by atoms with Crippen molar-refractivity contribution in [3.05, 3.63) is 39.6 Å². The van der Waals surface area contributed by atoms with Gasteiger partial charge in [-0.15, -0.1) is 0 Å². The van der Waals surface area contributed by atoms with Gasteiger partial charge in [-0.25, -0.2) is 13.1 Å². The molecule has 1 aromatic heterocycles. The number of aryl methyl sites for hydroxylation is 1. The normalized spacial score (nSPS) is 15.0. The first kappa shape index (κ1) is 23.6. The number of aromatic nitrogens is 2. The predicted molar refractivity (Wildman–Crippen MR) is 113 cm³/mol. The zero-order valence-corrected chi connectivity index (χ0v) is 19.0. The second-order valence-corrected chi connectivity index (χ2v) is 9.44. The van der Waals surface area contributed by atoms with Crippen molar-refractivity contribution in [3.63, 3.8) is 0 Å². The van der Waals surface area contributed by atoms with Crippen LogP contribution in [0.25, 0.3) is 0 Å². The summed E-state index contributed by atoms with van der Waals surface area (Å²) in [5.41, 5.74) is 0.150. The fraction of sp³-hybridized carbons (Fsp3) is 0.474. The molecule has 1 saturated heterocycles. The minimum Gasteiger partial charge on any atom is -0.438 e. The van der Waals surface area contributed by atoms with Gasteiger partial charge in [-0.05, 0) is 26.8 Å². The number of amides is 1. The van der Waals surface area contributed by atoms with Crippen LogP contribution in [-0.4, -0.2) is 65.7 Å². The van der Waals surface area contributed by atoms with E-state index in [1.54, 1.807) is 14.0 Å². The number of nitrogens with one attached hydrogen (secondary N) is 1. The Bertz CT molecular complexity index is 1140. The molecule has 0 radical (unpaired) electrons. The van der Waals surface area contributed by atoms with Crippen molar-refractivity contribution in [1.29, 1.82) is 0 Å². The molecule has 32 heavy (non-hydrogen) atoms. The van der Waals surface area contributed by atoms with Gasteiger partial charge in [0.05, 0.1) is 18.1 Å². The SMILES string of the molecule is Cc1c(C(=O)NC(C)C)nn(C)c1Oc1ccc([N+](=O)[O-])cc1S(=O)(=O)N1CCOCC1. The van der Waals surface area contributed by atoms with Gasteiger partial charge in [-0.1, -0.05) is 0 Å². The Labute approximate surface area is 185 Å². The van der Waals surface area contributed by atoms with Crippen LogP contribution in [0.2, 0.25) is 0 Å². The molecular weight excluding hydrogens is 442 g/mol. The average molecular weight is 468 g/mol. The summed E-state index contributed by atoms with van der Waals surface area (Å²) >= 11 is 0. The molecule has 0 atom stereocenters. The van der Waals surface area contributed by atoms with E-state index in [0.29, 0.717) is 5.56 Å². The second kappa shape index (κ2) is 9.22. The lowest BCUT2D eigenvalue weighted by atomic mass is 10.2. The van der Waals surface area contributed by atoms with Crippen LogP contribution in [0.3, 0.4) is 0 Å². The number of ether oxygens (including phenoxy) is 2. The fourth-order valence-electron chi connectivity index (χ4n) is 3.23. The van der Waals surface area contributed by atoms with Crippen molar-refractivity contribution >= 4 is 21.6 Å². The number of hydrogen-bond donors (Lipinski definition) is 1. The highest BCUT2D eigenvalue weighted by atomic mass is 32.2. The number of nitrogens with zero attached hydrogens (tertiary/aromatic N) is 4. The topological polar surface area (TPSA) is 146 Å². The number of benzene rings is 1.